The van der Waals surface area contributed by atoms with E-state index in [4.69, 9.17) is 4.74 Å². The molecule has 0 bridgehead atoms. The number of carbonyl (C=O) groups is 1. The maximum Gasteiger partial charge on any atom is 0.410 e. The normalized spacial score (nSPS) is 19.3. The van der Waals surface area contributed by atoms with Crippen LogP contribution in [-0.2, 0) is 11.3 Å². The highest BCUT2D eigenvalue weighted by Crippen LogP contribution is 2.19. The number of likely N-dealkylation sites (N-methyl/N-ethyl adjacent to an activating group) is 1. The first-order valence-electron chi connectivity index (χ1n) is 7.92. The van der Waals surface area contributed by atoms with E-state index >= 15 is 0 Å². The minimum atomic E-state index is -0.438. The number of nitrogens with zero attached hydrogens (tertiary/aromatic N) is 3. The van der Waals surface area contributed by atoms with Crippen LogP contribution in [0.15, 0.2) is 24.5 Å². The Kier molecular flexibility index (Phi) is 5.40. The van der Waals surface area contributed by atoms with Crippen LogP contribution in [0.5, 0.6) is 0 Å². The molecule has 1 fully saturated rings. The van der Waals surface area contributed by atoms with Gasteiger partial charge in [-0.05, 0) is 58.4 Å². The lowest BCUT2D eigenvalue weighted by molar-refractivity contribution is 0.0121. The Morgan fingerprint density at radius 3 is 2.73 bits per heavy atom. The Bertz CT molecular complexity index is 484. The van der Waals surface area contributed by atoms with Crippen LogP contribution in [0.1, 0.15) is 39.2 Å². The fourth-order valence-corrected chi connectivity index (χ4v) is 2.71. The van der Waals surface area contributed by atoms with Gasteiger partial charge in [0.05, 0.1) is 0 Å². The molecule has 22 heavy (non-hydrogen) atoms. The van der Waals surface area contributed by atoms with Crippen LogP contribution < -0.4 is 0 Å². The third kappa shape index (κ3) is 4.98. The summed E-state index contributed by atoms with van der Waals surface area (Å²) in [6.45, 7) is 8.10. The Labute approximate surface area is 133 Å². The van der Waals surface area contributed by atoms with Crippen molar-refractivity contribution >= 4 is 6.09 Å². The third-order valence-electron chi connectivity index (χ3n) is 3.85. The van der Waals surface area contributed by atoms with Crippen molar-refractivity contribution < 1.29 is 9.53 Å². The van der Waals surface area contributed by atoms with Crippen molar-refractivity contribution in [3.8, 4) is 0 Å². The number of aromatic nitrogens is 1. The van der Waals surface area contributed by atoms with E-state index in [1.807, 2.05) is 50.2 Å². The summed E-state index contributed by atoms with van der Waals surface area (Å²) < 4.78 is 5.48. The summed E-state index contributed by atoms with van der Waals surface area (Å²) in [6.07, 6.45) is 5.56. The molecule has 1 amide bonds. The topological polar surface area (TPSA) is 45.7 Å². The van der Waals surface area contributed by atoms with Gasteiger partial charge in [0, 0.05) is 38.1 Å². The molecule has 0 radical (unpaired) electrons. The van der Waals surface area contributed by atoms with Crippen molar-refractivity contribution in [2.75, 3.05) is 20.1 Å². The molecule has 0 N–H and O–H groups in total. The zero-order valence-electron chi connectivity index (χ0n) is 14.1. The highest BCUT2D eigenvalue weighted by molar-refractivity contribution is 5.68. The smallest absolute Gasteiger partial charge is 0.410 e. The molecule has 122 valence electrons. The van der Waals surface area contributed by atoms with E-state index in [9.17, 15) is 4.79 Å². The van der Waals surface area contributed by atoms with Crippen molar-refractivity contribution in [3.05, 3.63) is 30.1 Å². The molecule has 2 rings (SSSR count). The summed E-state index contributed by atoms with van der Waals surface area (Å²) in [6, 6.07) is 4.44. The van der Waals surface area contributed by atoms with Crippen LogP contribution in [0.3, 0.4) is 0 Å². The van der Waals surface area contributed by atoms with E-state index < -0.39 is 5.60 Å². The number of carbonyl (C=O) groups excluding carboxylic acids is 1. The largest absolute Gasteiger partial charge is 0.444 e. The molecule has 2 heterocycles. The molecule has 1 aliphatic rings. The number of likely N-dealkylation sites (tertiary alicyclic amines) is 1. The molecule has 1 aliphatic heterocycles. The predicted molar refractivity (Wildman–Crippen MR) is 86.5 cm³/mol. The van der Waals surface area contributed by atoms with Gasteiger partial charge in [0.1, 0.15) is 5.60 Å². The number of pyridine rings is 1. The van der Waals surface area contributed by atoms with Gasteiger partial charge in [-0.3, -0.25) is 9.88 Å². The van der Waals surface area contributed by atoms with Crippen LogP contribution in [0.25, 0.3) is 0 Å². The molecular formula is C17H27N3O2. The number of hydrogen-bond donors (Lipinski definition) is 0. The molecule has 5 heteroatoms. The van der Waals surface area contributed by atoms with E-state index in [2.05, 4.69) is 16.9 Å². The van der Waals surface area contributed by atoms with E-state index in [1.54, 1.807) is 0 Å². The van der Waals surface area contributed by atoms with Gasteiger partial charge in [-0.15, -0.1) is 0 Å². The van der Waals surface area contributed by atoms with Crippen LogP contribution in [0.2, 0.25) is 0 Å². The Balaban J connectivity index is 1.91. The summed E-state index contributed by atoms with van der Waals surface area (Å²) in [7, 11) is 2.11. The zero-order chi connectivity index (χ0) is 16.2. The van der Waals surface area contributed by atoms with Crippen molar-refractivity contribution in [2.24, 2.45) is 0 Å². The maximum absolute atomic E-state index is 12.2. The van der Waals surface area contributed by atoms with Gasteiger partial charge in [0.2, 0.25) is 0 Å². The van der Waals surface area contributed by atoms with Crippen LogP contribution >= 0.6 is 0 Å². The summed E-state index contributed by atoms with van der Waals surface area (Å²) >= 11 is 0. The highest BCUT2D eigenvalue weighted by Gasteiger charge is 2.29. The lowest BCUT2D eigenvalue weighted by atomic mass is 10.0. The van der Waals surface area contributed by atoms with Crippen molar-refractivity contribution in [1.29, 1.82) is 0 Å². The number of rotatable bonds is 3. The second-order valence-corrected chi connectivity index (χ2v) is 6.99. The second-order valence-electron chi connectivity index (χ2n) is 6.99. The Morgan fingerprint density at radius 1 is 1.41 bits per heavy atom. The first-order chi connectivity index (χ1) is 10.3. The molecule has 0 spiro atoms. The van der Waals surface area contributed by atoms with Gasteiger partial charge in [0.15, 0.2) is 0 Å². The number of hydrogen-bond acceptors (Lipinski definition) is 4. The van der Waals surface area contributed by atoms with Crippen LogP contribution in [-0.4, -0.2) is 52.7 Å². The monoisotopic (exact) mass is 305 g/mol. The zero-order valence-corrected chi connectivity index (χ0v) is 14.1. The molecule has 1 atom stereocenters. The number of amides is 1. The molecule has 1 unspecified atom stereocenters. The summed E-state index contributed by atoms with van der Waals surface area (Å²) in [5.41, 5.74) is 0.805. The highest BCUT2D eigenvalue weighted by atomic mass is 16.6. The average molecular weight is 305 g/mol. The lowest BCUT2D eigenvalue weighted by Crippen LogP contribution is -2.49. The number of piperidine rings is 1. The van der Waals surface area contributed by atoms with E-state index in [-0.39, 0.29) is 6.09 Å². The molecule has 0 aliphatic carbocycles. The van der Waals surface area contributed by atoms with Crippen LogP contribution in [0, 0.1) is 0 Å². The van der Waals surface area contributed by atoms with Gasteiger partial charge in [0.25, 0.3) is 0 Å². The molecule has 0 saturated carbocycles. The van der Waals surface area contributed by atoms with Crippen molar-refractivity contribution in [1.82, 2.24) is 14.8 Å². The lowest BCUT2D eigenvalue weighted by Gasteiger charge is -2.38. The fourth-order valence-electron chi connectivity index (χ4n) is 2.71. The molecule has 1 aromatic heterocycles. The fraction of sp³-hybridized carbons (Fsp3) is 0.647. The van der Waals surface area contributed by atoms with Gasteiger partial charge in [-0.2, -0.15) is 0 Å². The van der Waals surface area contributed by atoms with E-state index in [0.29, 0.717) is 6.04 Å². The Hall–Kier alpha value is -1.62. The predicted octanol–water partition coefficient (Wildman–Crippen LogP) is 2.91. The summed E-state index contributed by atoms with van der Waals surface area (Å²) in [4.78, 5) is 20.4. The van der Waals surface area contributed by atoms with Gasteiger partial charge in [-0.1, -0.05) is 0 Å². The van der Waals surface area contributed by atoms with Crippen molar-refractivity contribution in [3.63, 3.8) is 0 Å². The molecule has 1 aromatic rings. The summed E-state index contributed by atoms with van der Waals surface area (Å²) in [5, 5.41) is 0. The minimum Gasteiger partial charge on any atom is -0.444 e. The molecule has 0 aromatic carbocycles. The van der Waals surface area contributed by atoms with E-state index in [0.717, 1.165) is 32.5 Å². The second kappa shape index (κ2) is 7.09. The number of ether oxygens (including phenoxy) is 1. The minimum absolute atomic E-state index is 0.200. The maximum atomic E-state index is 12.2. The SMILES string of the molecule is CN(Cc1ccncc1)C1CCCN(C(=O)OC(C)(C)C)C1. The first kappa shape index (κ1) is 16.7. The summed E-state index contributed by atoms with van der Waals surface area (Å²) in [5.74, 6) is 0. The van der Waals surface area contributed by atoms with Crippen LogP contribution in [0.4, 0.5) is 4.79 Å². The van der Waals surface area contributed by atoms with Crippen molar-refractivity contribution in [2.45, 2.75) is 51.8 Å². The third-order valence-corrected chi connectivity index (χ3v) is 3.85. The quantitative estimate of drug-likeness (QED) is 0.861. The van der Waals surface area contributed by atoms with Gasteiger partial charge in [-0.25, -0.2) is 4.79 Å². The first-order valence-corrected chi connectivity index (χ1v) is 7.92. The standard InChI is InChI=1S/C17H27N3O2/c1-17(2,3)22-16(21)20-11-5-6-15(13-20)19(4)12-14-7-9-18-10-8-14/h7-10,15H,5-6,11-13H2,1-4H3. The molecular weight excluding hydrogens is 278 g/mol. The van der Waals surface area contributed by atoms with Gasteiger partial charge >= 0.3 is 6.09 Å². The molecule has 1 saturated heterocycles. The van der Waals surface area contributed by atoms with E-state index in [1.165, 1.54) is 5.56 Å². The van der Waals surface area contributed by atoms with Gasteiger partial charge < -0.3 is 9.64 Å². The Morgan fingerprint density at radius 2 is 2.09 bits per heavy atom. The average Bonchev–Trinajstić information content (AvgIpc) is 2.46. The molecule has 5 nitrogen and oxygen atoms in total.